The van der Waals surface area contributed by atoms with Gasteiger partial charge in [-0.1, -0.05) is 12.1 Å². The van der Waals surface area contributed by atoms with Gasteiger partial charge in [-0.25, -0.2) is 0 Å². The van der Waals surface area contributed by atoms with Crippen LogP contribution in [-0.2, 0) is 6.42 Å². The molecule has 76 valence electrons. The van der Waals surface area contributed by atoms with Crippen LogP contribution in [0, 0.1) is 0 Å². The largest absolute Gasteiger partial charge is 0.380 e. The zero-order valence-electron chi connectivity index (χ0n) is 8.31. The van der Waals surface area contributed by atoms with Crippen LogP contribution >= 0.6 is 15.9 Å². The molecule has 0 radical (unpaired) electrons. The molecule has 0 saturated heterocycles. The van der Waals surface area contributed by atoms with Gasteiger partial charge in [-0.2, -0.15) is 0 Å². The molecule has 2 N–H and O–H groups in total. The minimum Gasteiger partial charge on any atom is -0.380 e. The number of likely N-dealkylation sites (N-methyl/N-ethyl adjacent to an activating group) is 1. The maximum absolute atomic E-state index is 3.58. The predicted octanol–water partition coefficient (Wildman–Crippen LogP) is 2.40. The van der Waals surface area contributed by atoms with Crippen LogP contribution in [0.5, 0.6) is 0 Å². The lowest BCUT2D eigenvalue weighted by Crippen LogP contribution is -2.34. The van der Waals surface area contributed by atoms with Gasteiger partial charge in [0.05, 0.1) is 5.69 Å². The van der Waals surface area contributed by atoms with E-state index >= 15 is 0 Å². The van der Waals surface area contributed by atoms with E-state index in [1.165, 1.54) is 28.6 Å². The number of halogens is 1. The van der Waals surface area contributed by atoms with Crippen molar-refractivity contribution >= 4 is 21.6 Å². The van der Waals surface area contributed by atoms with Crippen molar-refractivity contribution < 1.29 is 0 Å². The van der Waals surface area contributed by atoms with Crippen LogP contribution in [0.25, 0.3) is 0 Å². The predicted molar refractivity (Wildman–Crippen MR) is 63.8 cm³/mol. The Morgan fingerprint density at radius 2 is 2.43 bits per heavy atom. The Labute approximate surface area is 93.2 Å². The third kappa shape index (κ3) is 1.93. The molecule has 14 heavy (non-hydrogen) atoms. The van der Waals surface area contributed by atoms with Gasteiger partial charge in [0.1, 0.15) is 0 Å². The van der Waals surface area contributed by atoms with E-state index in [-0.39, 0.29) is 0 Å². The van der Waals surface area contributed by atoms with E-state index in [4.69, 9.17) is 0 Å². The van der Waals surface area contributed by atoms with Crippen LogP contribution < -0.4 is 10.6 Å². The Morgan fingerprint density at radius 1 is 1.57 bits per heavy atom. The Morgan fingerprint density at radius 3 is 3.21 bits per heavy atom. The normalized spacial score (nSPS) is 20.0. The van der Waals surface area contributed by atoms with Gasteiger partial charge in [0.15, 0.2) is 0 Å². The summed E-state index contributed by atoms with van der Waals surface area (Å²) >= 11 is 3.58. The molecule has 0 fully saturated rings. The zero-order chi connectivity index (χ0) is 9.97. The molecule has 3 heteroatoms. The van der Waals surface area contributed by atoms with E-state index in [2.05, 4.69) is 44.8 Å². The van der Waals surface area contributed by atoms with Crippen LogP contribution in [0.2, 0.25) is 0 Å². The van der Waals surface area contributed by atoms with Gasteiger partial charge in [-0.3, -0.25) is 0 Å². The highest BCUT2D eigenvalue weighted by Gasteiger charge is 2.18. The summed E-state index contributed by atoms with van der Waals surface area (Å²) in [5, 5.41) is 6.77. The topological polar surface area (TPSA) is 24.1 Å². The lowest BCUT2D eigenvalue weighted by atomic mass is 9.98. The minimum absolute atomic E-state index is 0.561. The molecule has 2 rings (SSSR count). The molecule has 1 aliphatic rings. The fourth-order valence-corrected chi connectivity index (χ4v) is 2.47. The fraction of sp³-hybridized carbons (Fsp3) is 0.455. The smallest absolute Gasteiger partial charge is 0.0519 e. The maximum Gasteiger partial charge on any atom is 0.0519 e. The third-order valence-corrected chi connectivity index (χ3v) is 3.32. The molecule has 1 unspecified atom stereocenters. The average molecular weight is 255 g/mol. The first-order chi connectivity index (χ1) is 6.81. The number of aryl methyl sites for hydroxylation is 1. The van der Waals surface area contributed by atoms with Gasteiger partial charge in [-0.15, -0.1) is 0 Å². The second kappa shape index (κ2) is 4.32. The van der Waals surface area contributed by atoms with Crippen molar-refractivity contribution in [1.82, 2.24) is 5.32 Å². The molecule has 1 atom stereocenters. The highest BCUT2D eigenvalue weighted by molar-refractivity contribution is 9.10. The summed E-state index contributed by atoms with van der Waals surface area (Å²) in [4.78, 5) is 0. The summed E-state index contributed by atoms with van der Waals surface area (Å²) in [5.41, 5.74) is 2.70. The van der Waals surface area contributed by atoms with E-state index in [1.54, 1.807) is 0 Å². The Bertz CT molecular complexity index is 325. The van der Waals surface area contributed by atoms with Crippen molar-refractivity contribution in [3.63, 3.8) is 0 Å². The van der Waals surface area contributed by atoms with Gasteiger partial charge in [-0.05, 0) is 47.4 Å². The van der Waals surface area contributed by atoms with E-state index in [0.29, 0.717) is 6.04 Å². The van der Waals surface area contributed by atoms with E-state index in [9.17, 15) is 0 Å². The monoisotopic (exact) mass is 254 g/mol. The Kier molecular flexibility index (Phi) is 3.08. The molecule has 0 aromatic heterocycles. The molecule has 1 heterocycles. The quantitative estimate of drug-likeness (QED) is 0.847. The number of fused-ring (bicyclic) bond motifs is 1. The molecule has 0 aliphatic carbocycles. The van der Waals surface area contributed by atoms with Crippen LogP contribution in [0.15, 0.2) is 22.7 Å². The van der Waals surface area contributed by atoms with Crippen LogP contribution in [0.4, 0.5) is 5.69 Å². The summed E-state index contributed by atoms with van der Waals surface area (Å²) in [6.07, 6.45) is 2.39. The molecule has 2 nitrogen and oxygen atoms in total. The summed E-state index contributed by atoms with van der Waals surface area (Å²) < 4.78 is 1.18. The highest BCUT2D eigenvalue weighted by atomic mass is 79.9. The lowest BCUT2D eigenvalue weighted by molar-refractivity contribution is 0.592. The SMILES string of the molecule is CNCC1CCc2cccc(Br)c2N1. The first kappa shape index (κ1) is 9.99. The molecule has 0 amide bonds. The maximum atomic E-state index is 3.58. The summed E-state index contributed by atoms with van der Waals surface area (Å²) in [7, 11) is 2.00. The van der Waals surface area contributed by atoms with Gasteiger partial charge in [0, 0.05) is 17.1 Å². The first-order valence-corrected chi connectivity index (χ1v) is 5.79. The lowest BCUT2D eigenvalue weighted by Gasteiger charge is -2.27. The van der Waals surface area contributed by atoms with Crippen molar-refractivity contribution in [3.8, 4) is 0 Å². The zero-order valence-corrected chi connectivity index (χ0v) is 9.89. The molecule has 1 aromatic rings. The molecular weight excluding hydrogens is 240 g/mol. The number of hydrogen-bond donors (Lipinski definition) is 2. The number of rotatable bonds is 2. The van der Waals surface area contributed by atoms with Crippen molar-refractivity contribution in [2.75, 3.05) is 18.9 Å². The van der Waals surface area contributed by atoms with Gasteiger partial charge < -0.3 is 10.6 Å². The number of anilines is 1. The summed E-state index contributed by atoms with van der Waals surface area (Å²) in [6, 6.07) is 6.95. The first-order valence-electron chi connectivity index (χ1n) is 5.00. The summed E-state index contributed by atoms with van der Waals surface area (Å²) in [5.74, 6) is 0. The van der Waals surface area contributed by atoms with Crippen LogP contribution in [0.3, 0.4) is 0 Å². The fourth-order valence-electron chi connectivity index (χ4n) is 1.94. The second-order valence-corrected chi connectivity index (χ2v) is 4.57. The van der Waals surface area contributed by atoms with Gasteiger partial charge >= 0.3 is 0 Å². The van der Waals surface area contributed by atoms with Gasteiger partial charge in [0.25, 0.3) is 0 Å². The van der Waals surface area contributed by atoms with Crippen LogP contribution in [-0.4, -0.2) is 19.6 Å². The number of para-hydroxylation sites is 1. The molecule has 0 saturated carbocycles. The van der Waals surface area contributed by atoms with Crippen molar-refractivity contribution in [2.45, 2.75) is 18.9 Å². The third-order valence-electron chi connectivity index (χ3n) is 2.66. The molecule has 0 bridgehead atoms. The van der Waals surface area contributed by atoms with Crippen molar-refractivity contribution in [2.24, 2.45) is 0 Å². The van der Waals surface area contributed by atoms with E-state index < -0.39 is 0 Å². The average Bonchev–Trinajstić information content (AvgIpc) is 2.20. The minimum atomic E-state index is 0.561. The van der Waals surface area contributed by atoms with E-state index in [0.717, 1.165) is 6.54 Å². The number of benzene rings is 1. The molecule has 0 spiro atoms. The highest BCUT2D eigenvalue weighted by Crippen LogP contribution is 2.31. The van der Waals surface area contributed by atoms with Gasteiger partial charge in [0.2, 0.25) is 0 Å². The number of nitrogens with one attached hydrogen (secondary N) is 2. The Hall–Kier alpha value is -0.540. The second-order valence-electron chi connectivity index (χ2n) is 3.71. The van der Waals surface area contributed by atoms with Crippen molar-refractivity contribution in [3.05, 3.63) is 28.2 Å². The standard InChI is InChI=1S/C11H15BrN2/c1-13-7-9-6-5-8-3-2-4-10(12)11(8)14-9/h2-4,9,13-14H,5-7H2,1H3. The van der Waals surface area contributed by atoms with E-state index in [1.807, 2.05) is 7.05 Å². The molecule has 1 aliphatic heterocycles. The molecule has 1 aromatic carbocycles. The van der Waals surface area contributed by atoms with Crippen molar-refractivity contribution in [1.29, 1.82) is 0 Å². The Balaban J connectivity index is 2.20. The summed E-state index contributed by atoms with van der Waals surface area (Å²) in [6.45, 7) is 1.03. The number of hydrogen-bond acceptors (Lipinski definition) is 2. The van der Waals surface area contributed by atoms with Crippen LogP contribution in [0.1, 0.15) is 12.0 Å². The molecular formula is C11H15BrN2.